The zero-order chi connectivity index (χ0) is 79.4. The third-order valence-electron chi connectivity index (χ3n) is 20.8. The quantitative estimate of drug-likeness (QED) is 0.115. The van der Waals surface area contributed by atoms with E-state index in [0.717, 1.165) is 0 Å². The summed E-state index contributed by atoms with van der Waals surface area (Å²) in [6.07, 6.45) is 4.06. The Bertz CT molecular complexity index is 4410. The van der Waals surface area contributed by atoms with Crippen LogP contribution in [0.1, 0.15) is 185 Å². The van der Waals surface area contributed by atoms with Crippen LogP contribution in [0.3, 0.4) is 0 Å². The zero-order valence-corrected chi connectivity index (χ0v) is 71.6. The van der Waals surface area contributed by atoms with Crippen LogP contribution < -0.4 is 9.80 Å². The van der Waals surface area contributed by atoms with E-state index < -0.39 is 0 Å². The van der Waals surface area contributed by atoms with E-state index in [1.165, 1.54) is 113 Å². The van der Waals surface area contributed by atoms with Crippen molar-refractivity contribution in [3.63, 3.8) is 0 Å². The molecule has 0 N–H and O–H groups in total. The molecule has 1 aliphatic rings. The predicted octanol–water partition coefficient (Wildman–Crippen LogP) is 27.8. The highest BCUT2D eigenvalue weighted by atomic mass is 15.3. The molecule has 1 saturated heterocycles. The number of hydrogen-bond acceptors (Lipinski definition) is 5. The van der Waals surface area contributed by atoms with Gasteiger partial charge in [-0.25, -0.2) is 0 Å². The highest BCUT2D eigenvalue weighted by Gasteiger charge is 2.42. The second-order valence-electron chi connectivity index (χ2n) is 34.6. The van der Waals surface area contributed by atoms with E-state index in [1.807, 2.05) is 18.2 Å². The molecule has 0 unspecified atom stereocenters. The second kappa shape index (κ2) is 39.1. The second-order valence-corrected chi connectivity index (χ2v) is 34.6. The van der Waals surface area contributed by atoms with Gasteiger partial charge in [-0.05, 0) is 259 Å². The van der Waals surface area contributed by atoms with Gasteiger partial charge in [-0.2, -0.15) is 0 Å². The third-order valence-corrected chi connectivity index (χ3v) is 20.8. The van der Waals surface area contributed by atoms with Gasteiger partial charge in [0.1, 0.15) is 0 Å². The average molecular weight is 1450 g/mol. The first-order chi connectivity index (χ1) is 51.0. The minimum Gasteiger partial charge on any atom is -0.372 e. The van der Waals surface area contributed by atoms with Crippen molar-refractivity contribution >= 4 is 60.7 Å². The van der Waals surface area contributed by atoms with Crippen LogP contribution in [-0.4, -0.2) is 98.3 Å². The normalized spacial score (nSPS) is 13.5. The van der Waals surface area contributed by atoms with Crippen molar-refractivity contribution in [2.75, 3.05) is 30.9 Å². The Morgan fingerprint density at radius 3 is 0.870 bits per heavy atom. The molecule has 10 aromatic carbocycles. The molecule has 0 spiro atoms. The number of fused-ring (bicyclic) bond motifs is 6. The summed E-state index contributed by atoms with van der Waals surface area (Å²) in [4.78, 5) is 11.9. The summed E-state index contributed by atoms with van der Waals surface area (Å²) < 4.78 is 5.03. The summed E-state index contributed by atoms with van der Waals surface area (Å²) in [6, 6.07) is 96.7. The fourth-order valence-corrected chi connectivity index (χ4v) is 16.1. The number of likely N-dealkylation sites (tertiary alicyclic amines) is 1. The van der Waals surface area contributed by atoms with Crippen LogP contribution in [0.25, 0.3) is 77.0 Å². The molecule has 0 saturated carbocycles. The number of anilines is 3. The molecule has 0 atom stereocenters. The smallest absolute Gasteiger partial charge is 0.0576 e. The highest BCUT2D eigenvalue weighted by Crippen LogP contribution is 2.45. The summed E-state index contributed by atoms with van der Waals surface area (Å²) in [7, 11) is 6.26. The maximum absolute atomic E-state index is 2.68. The Morgan fingerprint density at radius 2 is 0.593 bits per heavy atom. The fourth-order valence-electron chi connectivity index (χ4n) is 16.1. The van der Waals surface area contributed by atoms with Gasteiger partial charge in [0.05, 0.1) is 16.6 Å². The molecule has 1 fully saturated rings. The molecule has 3 heterocycles. The Hall–Kier alpha value is -8.72. The SMILES string of the molecule is CC(C)(C)n1c2c(-c3ccccc3)cccc2c2cccc(-c3ccccc3)c21.CC(C)(C)n1c2ccccc2c2cccc(-c3ccccc3)c21.CC(C)N(C(C)C)C(C)C.CC(C)N(C)C.CC(C)N(C)c1ccccc1.CC(C)N(c1ccccc1)c1ccccc1.CC(C)N1C(C)(C)CCCC1(C)C. The summed E-state index contributed by atoms with van der Waals surface area (Å²) in [5.41, 5.74) is 17.4. The molecule has 13 rings (SSSR count). The van der Waals surface area contributed by atoms with E-state index in [4.69, 9.17) is 0 Å². The molecule has 108 heavy (non-hydrogen) atoms. The summed E-state index contributed by atoms with van der Waals surface area (Å²) in [5, 5.41) is 5.29. The van der Waals surface area contributed by atoms with Crippen LogP contribution in [0.2, 0.25) is 0 Å². The minimum atomic E-state index is -0.0598. The lowest BCUT2D eigenvalue weighted by molar-refractivity contribution is -0.0508. The average Bonchev–Trinajstić information content (AvgIpc) is 1.59. The van der Waals surface area contributed by atoms with Crippen LogP contribution in [0.5, 0.6) is 0 Å². The van der Waals surface area contributed by atoms with Crippen molar-refractivity contribution in [3.8, 4) is 33.4 Å². The maximum Gasteiger partial charge on any atom is 0.0576 e. The Morgan fingerprint density at radius 1 is 0.306 bits per heavy atom. The van der Waals surface area contributed by atoms with Gasteiger partial charge in [-0.1, -0.05) is 218 Å². The maximum atomic E-state index is 2.68. The molecule has 0 radical (unpaired) electrons. The Labute approximate surface area is 655 Å². The monoisotopic (exact) mass is 1450 g/mol. The minimum absolute atomic E-state index is 0.0201. The summed E-state index contributed by atoms with van der Waals surface area (Å²) in [5.74, 6) is 0. The topological polar surface area (TPSA) is 26.1 Å². The predicted molar refractivity (Wildman–Crippen MR) is 480 cm³/mol. The van der Waals surface area contributed by atoms with Gasteiger partial charge in [-0.3, -0.25) is 9.80 Å². The number of rotatable bonds is 13. The largest absolute Gasteiger partial charge is 0.372 e. The lowest BCUT2D eigenvalue weighted by atomic mass is 9.79. The van der Waals surface area contributed by atoms with Crippen LogP contribution in [0, 0.1) is 0 Å². The molecule has 7 nitrogen and oxygen atoms in total. The van der Waals surface area contributed by atoms with Gasteiger partial charge in [0.15, 0.2) is 0 Å². The van der Waals surface area contributed by atoms with E-state index in [0.29, 0.717) is 53.4 Å². The first-order valence-corrected chi connectivity index (χ1v) is 40.2. The van der Waals surface area contributed by atoms with Crippen molar-refractivity contribution in [1.82, 2.24) is 23.8 Å². The zero-order valence-electron chi connectivity index (χ0n) is 71.6. The van der Waals surface area contributed by atoms with Gasteiger partial charge in [0.25, 0.3) is 0 Å². The molecule has 12 aromatic rings. The third kappa shape index (κ3) is 22.5. The van der Waals surface area contributed by atoms with E-state index in [1.54, 1.807) is 0 Å². The van der Waals surface area contributed by atoms with Crippen LogP contribution >= 0.6 is 0 Å². The number of piperidine rings is 1. The number of benzene rings is 10. The highest BCUT2D eigenvalue weighted by molar-refractivity contribution is 6.16. The first-order valence-electron chi connectivity index (χ1n) is 40.2. The first kappa shape index (κ1) is 86.5. The molecule has 0 bridgehead atoms. The van der Waals surface area contributed by atoms with Gasteiger partial charge < -0.3 is 23.8 Å². The van der Waals surface area contributed by atoms with Crippen molar-refractivity contribution < 1.29 is 0 Å². The van der Waals surface area contributed by atoms with E-state index in [-0.39, 0.29) is 11.1 Å². The van der Waals surface area contributed by atoms with E-state index in [2.05, 4.69) is 464 Å². The summed E-state index contributed by atoms with van der Waals surface area (Å²) >= 11 is 0. The van der Waals surface area contributed by atoms with Crippen LogP contribution in [-0.2, 0) is 11.1 Å². The fraction of sp³-hybridized carbons (Fsp3) is 0.406. The standard InChI is InChI=1S/C28H25N.C22H21N.C15H17N.C12H25N.C10H15N.C9H21N.C5H13N/c1-28(2,3)29-26-22(20-12-6-4-7-13-20)16-10-18-24(26)25-19-11-17-23(27(25)29)21-14-8-5-9-15-21;1-22(2,3)23-20-15-8-7-12-18(20)19-14-9-13-17(21(19)23)16-10-5-4-6-11-16;1-13(2)16(14-9-5-3-6-10-14)15-11-7-4-8-12-15;1-10(2)13-11(3,4)8-7-9-12(13,5)6;1-9(2)11(3)10-7-5-4-6-8-10;1-7(2)10(8(3)4)9(5)6;1-5(2)6(3)4/h4-19H,1-3H3;4-15H,1-3H3;3-13H,1-2H3;10H,7-9H2,1-6H3;4-9H,1-3H3;7-9H,1-6H3;5H,1-4H3. The lowest BCUT2D eigenvalue weighted by Gasteiger charge is -2.55. The van der Waals surface area contributed by atoms with Crippen LogP contribution in [0.4, 0.5) is 17.1 Å². The molecule has 576 valence electrons. The van der Waals surface area contributed by atoms with Crippen molar-refractivity contribution in [3.05, 3.63) is 261 Å². The number of aromatic nitrogens is 2. The van der Waals surface area contributed by atoms with Crippen molar-refractivity contribution in [2.24, 2.45) is 0 Å². The molecule has 7 heteroatoms. The molecular weight excluding hydrogens is 1310 g/mol. The number of para-hydroxylation sites is 7. The van der Waals surface area contributed by atoms with E-state index in [9.17, 15) is 0 Å². The van der Waals surface area contributed by atoms with Crippen molar-refractivity contribution in [2.45, 2.75) is 250 Å². The Kier molecular flexibility index (Phi) is 31.3. The van der Waals surface area contributed by atoms with Crippen LogP contribution in [0.15, 0.2) is 261 Å². The van der Waals surface area contributed by atoms with Gasteiger partial charge in [0, 0.05) is 132 Å². The summed E-state index contributed by atoms with van der Waals surface area (Å²) in [6.45, 7) is 54.5. The van der Waals surface area contributed by atoms with Gasteiger partial charge in [0.2, 0.25) is 0 Å². The van der Waals surface area contributed by atoms with E-state index >= 15 is 0 Å². The lowest BCUT2D eigenvalue weighted by Crippen LogP contribution is -2.61. The molecular formula is C101H137N7. The van der Waals surface area contributed by atoms with Crippen molar-refractivity contribution in [1.29, 1.82) is 0 Å². The molecule has 0 aliphatic carbocycles. The Balaban J connectivity index is 0.000000185. The molecule has 0 amide bonds. The molecule has 1 aliphatic heterocycles. The molecule has 2 aromatic heterocycles. The van der Waals surface area contributed by atoms with Gasteiger partial charge in [-0.15, -0.1) is 0 Å². The number of nitrogens with zero attached hydrogens (tertiary/aromatic N) is 7. The number of hydrogen-bond donors (Lipinski definition) is 0. The van der Waals surface area contributed by atoms with Gasteiger partial charge >= 0.3 is 0 Å².